The Morgan fingerprint density at radius 3 is 1.97 bits per heavy atom. The zero-order valence-electron chi connectivity index (χ0n) is 22.4. The van der Waals surface area contributed by atoms with Gasteiger partial charge in [-0.25, -0.2) is 0 Å². The number of allylic oxidation sites excluding steroid dienone is 2. The minimum absolute atomic E-state index is 0.00822. The Morgan fingerprint density at radius 1 is 1.08 bits per heavy atom. The van der Waals surface area contributed by atoms with Crippen LogP contribution in [0.3, 0.4) is 0 Å². The second-order valence-corrected chi connectivity index (χ2v) is 7.13. The Morgan fingerprint density at radius 2 is 1.58 bits per heavy atom. The van der Waals surface area contributed by atoms with Gasteiger partial charge in [-0.05, 0) is 49.4 Å². The lowest BCUT2D eigenvalue weighted by Crippen LogP contribution is -2.36. The van der Waals surface area contributed by atoms with Crippen molar-refractivity contribution in [3.63, 3.8) is 0 Å². The number of hydrogen-bond acceptors (Lipinski definition) is 7. The predicted molar refractivity (Wildman–Crippen MR) is 137 cm³/mol. The van der Waals surface area contributed by atoms with E-state index in [4.69, 9.17) is 19.3 Å². The summed E-state index contributed by atoms with van der Waals surface area (Å²) >= 11 is 0. The van der Waals surface area contributed by atoms with Crippen LogP contribution in [0.5, 0.6) is 5.75 Å². The second kappa shape index (κ2) is 22.1. The zero-order chi connectivity index (χ0) is 27.9. The lowest BCUT2D eigenvalue weighted by atomic mass is 10.0. The fourth-order valence-electron chi connectivity index (χ4n) is 3.03. The highest BCUT2D eigenvalue weighted by molar-refractivity contribution is 5.82. The SMILES string of the molecule is C=C/C(OC)=C(\C=C(\NC=O)C(C)C(=O)N1CCCC1)OC.CO.COF.COc1ccc(C)cc1. The quantitative estimate of drug-likeness (QED) is 0.295. The number of halogens is 1. The smallest absolute Gasteiger partial charge is 0.231 e. The summed E-state index contributed by atoms with van der Waals surface area (Å²) in [6, 6.07) is 7.96. The van der Waals surface area contributed by atoms with Crippen LogP contribution < -0.4 is 10.1 Å². The monoisotopic (exact) mass is 512 g/mol. The van der Waals surface area contributed by atoms with Gasteiger partial charge in [-0.2, -0.15) is 4.94 Å². The number of carbonyl (C=O) groups is 2. The van der Waals surface area contributed by atoms with Crippen molar-refractivity contribution in [2.24, 2.45) is 5.92 Å². The first-order valence-electron chi connectivity index (χ1n) is 11.2. The normalized spacial score (nSPS) is 13.6. The van der Waals surface area contributed by atoms with Crippen LogP contribution in [0, 0.1) is 12.8 Å². The lowest BCUT2D eigenvalue weighted by Gasteiger charge is -2.22. The van der Waals surface area contributed by atoms with Gasteiger partial charge >= 0.3 is 0 Å². The number of nitrogens with zero attached hydrogens (tertiary/aromatic N) is 1. The van der Waals surface area contributed by atoms with Crippen LogP contribution in [0.25, 0.3) is 0 Å². The first kappa shape index (κ1) is 34.8. The Balaban J connectivity index is 0. The summed E-state index contributed by atoms with van der Waals surface area (Å²) in [7, 11) is 6.61. The average molecular weight is 513 g/mol. The average Bonchev–Trinajstić information content (AvgIpc) is 3.45. The molecule has 1 heterocycles. The number of amides is 2. The van der Waals surface area contributed by atoms with Crippen LogP contribution in [-0.2, 0) is 24.0 Å². The Bertz CT molecular complexity index is 805. The van der Waals surface area contributed by atoms with E-state index in [-0.39, 0.29) is 5.91 Å². The summed E-state index contributed by atoms with van der Waals surface area (Å²) < 4.78 is 25.2. The van der Waals surface area contributed by atoms with Gasteiger partial charge in [0, 0.05) is 32.0 Å². The van der Waals surface area contributed by atoms with Crippen molar-refractivity contribution < 1.29 is 38.4 Å². The van der Waals surface area contributed by atoms with Crippen LogP contribution in [0.1, 0.15) is 25.3 Å². The highest BCUT2D eigenvalue weighted by Crippen LogP contribution is 2.19. The molecule has 0 saturated carbocycles. The number of hydrogen-bond donors (Lipinski definition) is 2. The third-order valence-corrected chi connectivity index (χ3v) is 4.89. The Labute approximate surface area is 214 Å². The van der Waals surface area contributed by atoms with Gasteiger partial charge in [0.15, 0.2) is 11.5 Å². The molecular weight excluding hydrogens is 471 g/mol. The topological polar surface area (TPSA) is 107 Å². The molecule has 0 radical (unpaired) electrons. The molecule has 9 nitrogen and oxygen atoms in total. The second-order valence-electron chi connectivity index (χ2n) is 7.13. The molecule has 0 aromatic heterocycles. The van der Waals surface area contributed by atoms with Gasteiger partial charge in [-0.1, -0.05) is 24.3 Å². The standard InChI is InChI=1S/C16H24N2O4.C8H10O.CH3FO.CH4O/c1-5-14(21-3)15(22-4)10-13(17-11-19)12(2)16(20)18-8-6-7-9-18;1-7-3-5-8(9-2)6-4-7;1-3-2;1-2/h5,10-12H,1,6-9H2,2-4H3,(H,17,19);3-6H,1-2H3;1H3;2H,1H3/b13-10+,15-14-;;;. The minimum Gasteiger partial charge on any atom is -0.497 e. The first-order valence-corrected chi connectivity index (χ1v) is 11.2. The maximum Gasteiger partial charge on any atom is 0.231 e. The molecule has 1 atom stereocenters. The predicted octanol–water partition coefficient (Wildman–Crippen LogP) is 3.69. The molecule has 1 unspecified atom stereocenters. The summed E-state index contributed by atoms with van der Waals surface area (Å²) in [5.74, 6) is 1.25. The molecule has 36 heavy (non-hydrogen) atoms. The molecule has 1 aliphatic heterocycles. The van der Waals surface area contributed by atoms with Gasteiger partial charge in [-0.15, -0.1) is 0 Å². The number of ether oxygens (including phenoxy) is 3. The molecule has 0 bridgehead atoms. The molecule has 1 aliphatic rings. The molecule has 1 fully saturated rings. The van der Waals surface area contributed by atoms with Crippen LogP contribution in [-0.4, -0.2) is 71.0 Å². The van der Waals surface area contributed by atoms with E-state index in [1.807, 2.05) is 29.2 Å². The van der Waals surface area contributed by atoms with Crippen LogP contribution in [0.4, 0.5) is 4.53 Å². The van der Waals surface area contributed by atoms with Crippen molar-refractivity contribution in [2.45, 2.75) is 26.7 Å². The van der Waals surface area contributed by atoms with Crippen molar-refractivity contribution in [3.05, 3.63) is 65.8 Å². The zero-order valence-corrected chi connectivity index (χ0v) is 22.4. The van der Waals surface area contributed by atoms with E-state index >= 15 is 0 Å². The Hall–Kier alpha value is -3.37. The molecule has 2 amide bonds. The van der Waals surface area contributed by atoms with Crippen molar-refractivity contribution >= 4 is 12.3 Å². The fourth-order valence-corrected chi connectivity index (χ4v) is 3.03. The third-order valence-electron chi connectivity index (χ3n) is 4.89. The Kier molecular flexibility index (Phi) is 21.4. The van der Waals surface area contributed by atoms with E-state index in [1.165, 1.54) is 25.9 Å². The molecule has 2 N–H and O–H groups in total. The number of methoxy groups -OCH3 is 3. The summed E-state index contributed by atoms with van der Waals surface area (Å²) in [5.41, 5.74) is 1.72. The summed E-state index contributed by atoms with van der Waals surface area (Å²) in [5, 5.41) is 9.58. The maximum atomic E-state index is 12.5. The van der Waals surface area contributed by atoms with E-state index in [9.17, 15) is 14.1 Å². The lowest BCUT2D eigenvalue weighted by molar-refractivity contribution is -0.132. The van der Waals surface area contributed by atoms with Gasteiger partial charge in [0.2, 0.25) is 12.3 Å². The minimum atomic E-state index is -0.476. The summed E-state index contributed by atoms with van der Waals surface area (Å²) in [6.07, 6.45) is 5.68. The molecule has 2 rings (SSSR count). The van der Waals surface area contributed by atoms with Crippen molar-refractivity contribution in [3.8, 4) is 5.75 Å². The number of aliphatic hydroxyl groups excluding tert-OH is 1. The van der Waals surface area contributed by atoms with E-state index in [2.05, 4.69) is 23.8 Å². The number of nitrogens with one attached hydrogen (secondary N) is 1. The van der Waals surface area contributed by atoms with Crippen LogP contribution >= 0.6 is 0 Å². The number of rotatable bonds is 9. The van der Waals surface area contributed by atoms with E-state index in [1.54, 1.807) is 20.1 Å². The number of benzene rings is 1. The first-order chi connectivity index (χ1) is 17.3. The molecule has 0 spiro atoms. The molecule has 1 aromatic carbocycles. The molecule has 1 aromatic rings. The highest BCUT2D eigenvalue weighted by atomic mass is 19.3. The number of carbonyl (C=O) groups excluding carboxylic acids is 2. The van der Waals surface area contributed by atoms with Crippen molar-refractivity contribution in [1.29, 1.82) is 0 Å². The molecular formula is C26H41FN2O7. The van der Waals surface area contributed by atoms with Crippen LogP contribution in [0.2, 0.25) is 0 Å². The van der Waals surface area contributed by atoms with Gasteiger partial charge in [-0.3, -0.25) is 9.59 Å². The molecule has 10 heteroatoms. The molecule has 204 valence electrons. The summed E-state index contributed by atoms with van der Waals surface area (Å²) in [6.45, 7) is 8.98. The van der Waals surface area contributed by atoms with Gasteiger partial charge in [0.1, 0.15) is 5.75 Å². The van der Waals surface area contributed by atoms with Crippen molar-refractivity contribution in [1.82, 2.24) is 10.2 Å². The van der Waals surface area contributed by atoms with E-state index < -0.39 is 5.92 Å². The highest BCUT2D eigenvalue weighted by Gasteiger charge is 2.26. The van der Waals surface area contributed by atoms with E-state index in [0.717, 1.165) is 45.9 Å². The van der Waals surface area contributed by atoms with Gasteiger partial charge in [0.25, 0.3) is 0 Å². The fraction of sp³-hybridized carbons (Fsp3) is 0.462. The number of aliphatic hydroxyl groups is 1. The summed E-state index contributed by atoms with van der Waals surface area (Å²) in [4.78, 5) is 27.9. The number of likely N-dealkylation sites (tertiary alicyclic amines) is 1. The number of aryl methyl sites for hydroxylation is 1. The third kappa shape index (κ3) is 13.5. The largest absolute Gasteiger partial charge is 0.497 e. The van der Waals surface area contributed by atoms with E-state index in [0.29, 0.717) is 23.6 Å². The van der Waals surface area contributed by atoms with Gasteiger partial charge in [0.05, 0.1) is 34.4 Å². The van der Waals surface area contributed by atoms with Crippen molar-refractivity contribution in [2.75, 3.05) is 48.6 Å². The van der Waals surface area contributed by atoms with Crippen LogP contribution in [0.15, 0.2) is 60.2 Å². The molecule has 1 saturated heterocycles. The molecule has 0 aliphatic carbocycles. The van der Waals surface area contributed by atoms with Gasteiger partial charge < -0.3 is 29.5 Å². The maximum absolute atomic E-state index is 12.5.